The van der Waals surface area contributed by atoms with Crippen molar-refractivity contribution in [2.75, 3.05) is 53.0 Å². The first-order valence-corrected chi connectivity index (χ1v) is 17.6. The summed E-state index contributed by atoms with van der Waals surface area (Å²) in [6.07, 6.45) is 22.4. The third-order valence-electron chi connectivity index (χ3n) is 6.85. The predicted molar refractivity (Wildman–Crippen MR) is 153 cm³/mol. The minimum absolute atomic E-state index is 0.0420. The van der Waals surface area contributed by atoms with Crippen molar-refractivity contribution in [1.29, 1.82) is 0 Å². The Morgan fingerprint density at radius 2 is 1.22 bits per heavy atom. The highest BCUT2D eigenvalue weighted by Gasteiger charge is 2.31. The molecule has 9 heteroatoms. The Labute approximate surface area is 225 Å². The zero-order chi connectivity index (χ0) is 27.3. The maximum Gasteiger partial charge on any atom is 0.469 e. The van der Waals surface area contributed by atoms with E-state index in [0.29, 0.717) is 29.9 Å². The van der Waals surface area contributed by atoms with Crippen LogP contribution in [-0.4, -0.2) is 77.5 Å². The second-order valence-corrected chi connectivity index (χ2v) is 14.1. The van der Waals surface area contributed by atoms with Crippen LogP contribution in [0.4, 0.5) is 0 Å². The molecule has 0 heterocycles. The van der Waals surface area contributed by atoms with Crippen LogP contribution in [0.1, 0.15) is 110 Å². The smallest absolute Gasteiger partial charge is 0.381 e. The summed E-state index contributed by atoms with van der Waals surface area (Å²) in [6, 6.07) is -0.124. The second kappa shape index (κ2) is 22.0. The van der Waals surface area contributed by atoms with Gasteiger partial charge >= 0.3 is 7.82 Å². The van der Waals surface area contributed by atoms with Crippen LogP contribution in [0, 0.1) is 5.92 Å². The quantitative estimate of drug-likeness (QED) is 0.0723. The normalized spacial score (nSPS) is 15.2. The van der Waals surface area contributed by atoms with Gasteiger partial charge < -0.3 is 19.0 Å². The number of quaternary nitrogens is 1. The number of nitrogens with zero attached hydrogens (tertiary/aromatic N) is 1. The zero-order valence-corrected chi connectivity index (χ0v) is 25.8. The first-order chi connectivity index (χ1) is 17.0. The number of hydrogen-bond donors (Lipinski definition) is 2. The van der Waals surface area contributed by atoms with Gasteiger partial charge in [-0.15, -0.1) is 0 Å². The Bertz CT molecular complexity index is 581. The minimum Gasteiger partial charge on any atom is -0.381 e. The molecule has 0 rings (SSSR count). The van der Waals surface area contributed by atoms with Gasteiger partial charge in [0.15, 0.2) is 0 Å². The molecule has 0 aromatic rings. The van der Waals surface area contributed by atoms with Gasteiger partial charge in [0.05, 0.1) is 27.7 Å². The summed E-state index contributed by atoms with van der Waals surface area (Å²) in [5.74, 6) is 0.584. The summed E-state index contributed by atoms with van der Waals surface area (Å²) in [7, 11) is 0.452. The molecule has 0 aromatic heterocycles. The summed E-state index contributed by atoms with van der Waals surface area (Å²) in [6.45, 7) is 3.45. The lowest BCUT2D eigenvalue weighted by Gasteiger charge is -2.36. The summed E-state index contributed by atoms with van der Waals surface area (Å²) < 4.78 is 34.3. The number of phosphoric ester groups is 1. The number of phosphoric acid groups is 1. The van der Waals surface area contributed by atoms with Crippen LogP contribution in [-0.2, 0) is 24.6 Å². The van der Waals surface area contributed by atoms with Crippen LogP contribution >= 0.6 is 7.82 Å². The molecular formula is C27H59NO6PS+. The van der Waals surface area contributed by atoms with Crippen molar-refractivity contribution in [3.05, 3.63) is 0 Å². The predicted octanol–water partition coefficient (Wildman–Crippen LogP) is 6.44. The molecule has 218 valence electrons. The van der Waals surface area contributed by atoms with Crippen LogP contribution in [0.3, 0.4) is 0 Å². The monoisotopic (exact) mass is 556 g/mol. The third kappa shape index (κ3) is 24.5. The average Bonchev–Trinajstić information content (AvgIpc) is 2.76. The first kappa shape index (κ1) is 36.2. The molecule has 0 aliphatic carbocycles. The van der Waals surface area contributed by atoms with Crippen LogP contribution in [0.5, 0.6) is 0 Å². The SMILES string of the molecule is CCCCCCCCCCCCCCCCCOCC(CC(COP(=O)(O)O)[N+](C)(C)C)CS(C)=O. The van der Waals surface area contributed by atoms with E-state index in [1.54, 1.807) is 6.26 Å². The third-order valence-corrected chi connectivity index (χ3v) is 8.28. The van der Waals surface area contributed by atoms with E-state index >= 15 is 0 Å². The van der Waals surface area contributed by atoms with Crippen LogP contribution in [0.15, 0.2) is 0 Å². The molecule has 36 heavy (non-hydrogen) atoms. The highest BCUT2D eigenvalue weighted by atomic mass is 32.2. The van der Waals surface area contributed by atoms with E-state index in [0.717, 1.165) is 6.42 Å². The van der Waals surface area contributed by atoms with Crippen LogP contribution in [0.25, 0.3) is 0 Å². The van der Waals surface area contributed by atoms with Gasteiger partial charge in [-0.25, -0.2) is 4.57 Å². The highest BCUT2D eigenvalue weighted by Crippen LogP contribution is 2.36. The van der Waals surface area contributed by atoms with E-state index in [4.69, 9.17) is 19.0 Å². The molecule has 0 saturated carbocycles. The maximum absolute atomic E-state index is 11.9. The van der Waals surface area contributed by atoms with Gasteiger partial charge in [0.25, 0.3) is 0 Å². The van der Waals surface area contributed by atoms with Crippen LogP contribution < -0.4 is 0 Å². The van der Waals surface area contributed by atoms with Crippen molar-refractivity contribution in [2.24, 2.45) is 5.92 Å². The summed E-state index contributed by atoms with van der Waals surface area (Å²) in [5, 5.41) is 0. The average molecular weight is 557 g/mol. The Balaban J connectivity index is 3.93. The van der Waals surface area contributed by atoms with Gasteiger partial charge in [0.1, 0.15) is 12.6 Å². The van der Waals surface area contributed by atoms with Gasteiger partial charge in [-0.1, -0.05) is 96.8 Å². The number of ether oxygens (including phenoxy) is 1. The summed E-state index contributed by atoms with van der Waals surface area (Å²) >= 11 is 0. The largest absolute Gasteiger partial charge is 0.469 e. The molecule has 0 bridgehead atoms. The number of hydrogen-bond acceptors (Lipinski definition) is 4. The van der Waals surface area contributed by atoms with Crippen molar-refractivity contribution in [3.63, 3.8) is 0 Å². The molecule has 3 atom stereocenters. The van der Waals surface area contributed by atoms with E-state index in [1.807, 2.05) is 21.1 Å². The lowest BCUT2D eigenvalue weighted by atomic mass is 10.0. The first-order valence-electron chi connectivity index (χ1n) is 14.3. The Morgan fingerprint density at radius 3 is 1.61 bits per heavy atom. The van der Waals surface area contributed by atoms with Crippen molar-refractivity contribution >= 4 is 18.6 Å². The standard InChI is InChI=1S/C27H58NO6PS/c1-6-7-8-9-10-11-12-13-14-15-16-17-18-19-20-21-33-23-26(25-36(5)32)22-27(28(2,3)4)24-34-35(29,30)31/h26-27H,6-25H2,1-5H3,(H-,29,30,31)/p+1. The molecule has 0 aliphatic rings. The van der Waals surface area contributed by atoms with E-state index in [9.17, 15) is 8.77 Å². The van der Waals surface area contributed by atoms with Gasteiger partial charge in [0, 0.05) is 35.8 Å². The lowest BCUT2D eigenvalue weighted by Crippen LogP contribution is -2.49. The topological polar surface area (TPSA) is 93.1 Å². The highest BCUT2D eigenvalue weighted by molar-refractivity contribution is 7.84. The lowest BCUT2D eigenvalue weighted by molar-refractivity contribution is -0.897. The van der Waals surface area contributed by atoms with E-state index < -0.39 is 18.6 Å². The van der Waals surface area contributed by atoms with Gasteiger partial charge in [-0.05, 0) is 12.3 Å². The zero-order valence-electron chi connectivity index (χ0n) is 24.1. The molecule has 0 amide bonds. The second-order valence-electron chi connectivity index (χ2n) is 11.4. The van der Waals surface area contributed by atoms with E-state index in [2.05, 4.69) is 6.92 Å². The van der Waals surface area contributed by atoms with Crippen molar-refractivity contribution < 1.29 is 32.3 Å². The molecule has 3 unspecified atom stereocenters. The maximum atomic E-state index is 11.9. The van der Waals surface area contributed by atoms with Crippen molar-refractivity contribution in [2.45, 2.75) is 116 Å². The molecule has 0 fully saturated rings. The molecule has 0 spiro atoms. The van der Waals surface area contributed by atoms with Gasteiger partial charge in [0.2, 0.25) is 0 Å². The van der Waals surface area contributed by atoms with Gasteiger partial charge in [-0.3, -0.25) is 8.73 Å². The van der Waals surface area contributed by atoms with E-state index in [-0.39, 0.29) is 18.6 Å². The molecule has 7 nitrogen and oxygen atoms in total. The molecule has 0 radical (unpaired) electrons. The van der Waals surface area contributed by atoms with Crippen molar-refractivity contribution in [3.8, 4) is 0 Å². The summed E-state index contributed by atoms with van der Waals surface area (Å²) in [4.78, 5) is 18.2. The Hall–Kier alpha value is 0.180. The summed E-state index contributed by atoms with van der Waals surface area (Å²) in [5.41, 5.74) is 0. The molecule has 0 aromatic carbocycles. The number of rotatable bonds is 26. The van der Waals surface area contributed by atoms with Gasteiger partial charge in [-0.2, -0.15) is 0 Å². The van der Waals surface area contributed by atoms with E-state index in [1.165, 1.54) is 89.9 Å². The minimum atomic E-state index is -4.52. The fourth-order valence-electron chi connectivity index (χ4n) is 4.52. The number of unbranched alkanes of at least 4 members (excludes halogenated alkanes) is 14. The Kier molecular flexibility index (Phi) is 22.2. The molecule has 0 aliphatic heterocycles. The fourth-order valence-corrected chi connectivity index (χ4v) is 5.78. The molecule has 2 N–H and O–H groups in total. The molecular weight excluding hydrogens is 497 g/mol. The fraction of sp³-hybridized carbons (Fsp3) is 1.00. The Morgan fingerprint density at radius 1 is 0.778 bits per heavy atom. The van der Waals surface area contributed by atoms with Crippen molar-refractivity contribution in [1.82, 2.24) is 0 Å². The van der Waals surface area contributed by atoms with Crippen LogP contribution in [0.2, 0.25) is 0 Å². The number of likely N-dealkylation sites (N-methyl/N-ethyl adjacent to an activating group) is 1. The molecule has 0 saturated heterocycles.